The molecule has 0 fully saturated rings. The van der Waals surface area contributed by atoms with Crippen LogP contribution in [0.5, 0.6) is 0 Å². The van der Waals surface area contributed by atoms with Crippen LogP contribution in [-0.4, -0.2) is 0 Å². The highest BCUT2D eigenvalue weighted by Gasteiger charge is 2.16. The van der Waals surface area contributed by atoms with Crippen molar-refractivity contribution in [2.75, 3.05) is 0 Å². The molecule has 0 atom stereocenters. The molecular weight excluding hydrogens is 384 g/mol. The minimum atomic E-state index is 1.17. The Morgan fingerprint density at radius 2 is 1.74 bits per heavy atom. The van der Waals surface area contributed by atoms with Gasteiger partial charge in [-0.05, 0) is 54.7 Å². The van der Waals surface area contributed by atoms with Gasteiger partial charge in [-0.15, -0.1) is 11.8 Å². The molecule has 0 bridgehead atoms. The Labute approximate surface area is 181 Å². The lowest BCUT2D eigenvalue weighted by atomic mass is 10.1. The van der Waals surface area contributed by atoms with E-state index in [9.17, 15) is 0 Å². The fraction of sp³-hybridized carbons (Fsp3) is 0.583. The fourth-order valence-electron chi connectivity index (χ4n) is 2.96. The van der Waals surface area contributed by atoms with Crippen molar-refractivity contribution in [3.8, 4) is 0 Å². The van der Waals surface area contributed by atoms with Crippen molar-refractivity contribution in [1.29, 1.82) is 0 Å². The predicted molar refractivity (Wildman–Crippen MR) is 133 cm³/mol. The van der Waals surface area contributed by atoms with Crippen LogP contribution in [0.2, 0.25) is 0 Å². The van der Waals surface area contributed by atoms with E-state index in [1.165, 1.54) is 94.3 Å². The Bertz CT molecular complexity index is 578. The van der Waals surface area contributed by atoms with E-state index in [4.69, 9.17) is 0 Å². The second-order valence-electron chi connectivity index (χ2n) is 7.18. The molecule has 1 rings (SSSR count). The Balaban J connectivity index is 2.71. The minimum absolute atomic E-state index is 1.17. The number of rotatable bonds is 13. The van der Waals surface area contributed by atoms with Crippen LogP contribution in [0.25, 0.3) is 0 Å². The summed E-state index contributed by atoms with van der Waals surface area (Å²) in [5.74, 6) is 0. The van der Waals surface area contributed by atoms with E-state index in [2.05, 4.69) is 46.3 Å². The van der Waals surface area contributed by atoms with Crippen LogP contribution in [0, 0.1) is 0 Å². The van der Waals surface area contributed by atoms with Crippen molar-refractivity contribution in [2.24, 2.45) is 0 Å². The van der Waals surface area contributed by atoms with Crippen molar-refractivity contribution < 1.29 is 0 Å². The van der Waals surface area contributed by atoms with Crippen LogP contribution in [-0.2, 0) is 0 Å². The molecule has 0 radical (unpaired) electrons. The van der Waals surface area contributed by atoms with Gasteiger partial charge >= 0.3 is 0 Å². The summed E-state index contributed by atoms with van der Waals surface area (Å²) < 4.78 is 0. The van der Waals surface area contributed by atoms with Gasteiger partial charge in [0, 0.05) is 14.7 Å². The van der Waals surface area contributed by atoms with Gasteiger partial charge in [-0.1, -0.05) is 101 Å². The number of hydrogen-bond donors (Lipinski definition) is 0. The highest BCUT2D eigenvalue weighted by Crippen LogP contribution is 2.47. The molecule has 0 saturated heterocycles. The Morgan fingerprint density at radius 1 is 1.07 bits per heavy atom. The topological polar surface area (TPSA) is 0 Å². The number of hydrogen-bond acceptors (Lipinski definition) is 3. The summed E-state index contributed by atoms with van der Waals surface area (Å²) in [7, 11) is 0. The van der Waals surface area contributed by atoms with E-state index in [1.54, 1.807) is 0 Å². The summed E-state index contributed by atoms with van der Waals surface area (Å²) in [6.45, 7) is 17.5. The maximum Gasteiger partial charge on any atom is 0.0322 e. The van der Waals surface area contributed by atoms with Crippen LogP contribution >= 0.6 is 35.3 Å². The fourth-order valence-corrected chi connectivity index (χ4v) is 6.16. The molecule has 3 heteroatoms. The smallest absolute Gasteiger partial charge is 0.0322 e. The van der Waals surface area contributed by atoms with E-state index < -0.39 is 0 Å². The van der Waals surface area contributed by atoms with Gasteiger partial charge in [0.05, 0.1) is 0 Å². The van der Waals surface area contributed by atoms with Crippen molar-refractivity contribution in [3.05, 3.63) is 54.7 Å². The number of unbranched alkanes of at least 4 members (excludes halogenated alkanes) is 6. The maximum absolute atomic E-state index is 4.35. The highest BCUT2D eigenvalue weighted by molar-refractivity contribution is 8.15. The molecule has 152 valence electrons. The first-order chi connectivity index (χ1) is 13.0. The first kappa shape index (κ1) is 24.8. The predicted octanol–water partition coefficient (Wildman–Crippen LogP) is 10.2. The van der Waals surface area contributed by atoms with E-state index in [0.29, 0.717) is 0 Å². The average molecular weight is 423 g/mol. The molecule has 0 saturated carbocycles. The van der Waals surface area contributed by atoms with Crippen LogP contribution < -0.4 is 0 Å². The quantitative estimate of drug-likeness (QED) is 0.214. The molecule has 27 heavy (non-hydrogen) atoms. The highest BCUT2D eigenvalue weighted by atomic mass is 32.2. The summed E-state index contributed by atoms with van der Waals surface area (Å²) >= 11 is 5.61. The van der Waals surface area contributed by atoms with E-state index in [-0.39, 0.29) is 0 Å². The Hall–Kier alpha value is -0.250. The van der Waals surface area contributed by atoms with Gasteiger partial charge in [0.1, 0.15) is 0 Å². The van der Waals surface area contributed by atoms with E-state index in [1.807, 2.05) is 41.4 Å². The molecule has 0 aromatic carbocycles. The van der Waals surface area contributed by atoms with Gasteiger partial charge in [-0.2, -0.15) is 0 Å². The molecule has 1 aliphatic heterocycles. The standard InChI is InChI=1S/C24H38S3/c1-7-10-12-14-16-19(4)22(9-3)27-24-18-25-23(17-15-13-11-8-2)20(5)26-21(24)6/h9,18H,3,6-8,10-17H2,1-2,4-5H3/b22-19+. The van der Waals surface area contributed by atoms with Crippen molar-refractivity contribution >= 4 is 35.3 Å². The molecule has 0 aromatic heterocycles. The maximum atomic E-state index is 4.35. The minimum Gasteiger partial charge on any atom is -0.100 e. The van der Waals surface area contributed by atoms with Crippen LogP contribution in [0.1, 0.15) is 91.9 Å². The Kier molecular flexibility index (Phi) is 13.5. The normalized spacial score (nSPS) is 16.1. The van der Waals surface area contributed by atoms with Crippen LogP contribution in [0.3, 0.4) is 0 Å². The number of allylic oxidation sites excluding steroid dienone is 4. The van der Waals surface area contributed by atoms with Gasteiger partial charge in [0.25, 0.3) is 0 Å². The largest absolute Gasteiger partial charge is 0.100 e. The van der Waals surface area contributed by atoms with Crippen molar-refractivity contribution in [2.45, 2.75) is 91.9 Å². The monoisotopic (exact) mass is 422 g/mol. The zero-order valence-corrected chi connectivity index (χ0v) is 20.3. The Morgan fingerprint density at radius 3 is 2.37 bits per heavy atom. The zero-order valence-electron chi connectivity index (χ0n) is 17.9. The SMILES string of the molecule is C=C/C(SC1=CSC(CCCCCC)=C(C)SC1=C)=C(/C)CCCCCC. The first-order valence-corrected chi connectivity index (χ1v) is 13.0. The third-order valence-electron chi connectivity index (χ3n) is 4.74. The van der Waals surface area contributed by atoms with Crippen molar-refractivity contribution in [3.63, 3.8) is 0 Å². The van der Waals surface area contributed by atoms with E-state index >= 15 is 0 Å². The third-order valence-corrected chi connectivity index (χ3v) is 8.63. The molecule has 0 nitrogen and oxygen atoms in total. The molecule has 1 aliphatic rings. The van der Waals surface area contributed by atoms with Crippen LogP contribution in [0.15, 0.2) is 54.7 Å². The second-order valence-corrected chi connectivity index (χ2v) is 10.5. The van der Waals surface area contributed by atoms with Gasteiger partial charge in [-0.25, -0.2) is 0 Å². The van der Waals surface area contributed by atoms with Crippen LogP contribution in [0.4, 0.5) is 0 Å². The van der Waals surface area contributed by atoms with E-state index in [0.717, 1.165) is 0 Å². The molecule has 0 aromatic rings. The zero-order chi connectivity index (χ0) is 20.1. The van der Waals surface area contributed by atoms with Gasteiger partial charge in [0.2, 0.25) is 0 Å². The number of thioether (sulfide) groups is 3. The summed E-state index contributed by atoms with van der Waals surface area (Å²) in [5, 5.41) is 2.32. The lowest BCUT2D eigenvalue weighted by Crippen LogP contribution is -1.86. The summed E-state index contributed by atoms with van der Waals surface area (Å²) in [6, 6.07) is 0. The molecule has 0 unspecified atom stereocenters. The summed E-state index contributed by atoms with van der Waals surface area (Å²) in [5.41, 5.74) is 1.46. The summed E-state index contributed by atoms with van der Waals surface area (Å²) in [6.07, 6.45) is 14.9. The third kappa shape index (κ3) is 9.67. The molecule has 1 heterocycles. The average Bonchev–Trinajstić information content (AvgIpc) is 2.78. The second kappa shape index (κ2) is 14.7. The molecule has 0 spiro atoms. The summed E-state index contributed by atoms with van der Waals surface area (Å²) in [4.78, 5) is 6.72. The van der Waals surface area contributed by atoms with Gasteiger partial charge < -0.3 is 0 Å². The van der Waals surface area contributed by atoms with Gasteiger partial charge in [0.15, 0.2) is 0 Å². The molecule has 0 amide bonds. The molecule has 0 N–H and O–H groups in total. The lowest BCUT2D eigenvalue weighted by molar-refractivity contribution is 0.664. The lowest BCUT2D eigenvalue weighted by Gasteiger charge is -2.12. The molecule has 0 aliphatic carbocycles. The molecular formula is C24H38S3. The van der Waals surface area contributed by atoms with Crippen molar-refractivity contribution in [1.82, 2.24) is 0 Å². The first-order valence-electron chi connectivity index (χ1n) is 10.5. The van der Waals surface area contributed by atoms with Gasteiger partial charge in [-0.3, -0.25) is 0 Å².